The molecule has 0 aliphatic heterocycles. The van der Waals surface area contributed by atoms with E-state index in [9.17, 15) is 9.90 Å². The van der Waals surface area contributed by atoms with Crippen molar-refractivity contribution >= 4 is 16.6 Å². The Morgan fingerprint density at radius 1 is 1.33 bits per heavy atom. The largest absolute Gasteiger partial charge is 0.508 e. The van der Waals surface area contributed by atoms with E-state index < -0.39 is 0 Å². The molecule has 0 unspecified atom stereocenters. The molecule has 0 amide bonds. The smallest absolute Gasteiger partial charge is 0.274 e. The first-order valence-electron chi connectivity index (χ1n) is 4.43. The van der Waals surface area contributed by atoms with Crippen LogP contribution in [0.5, 0.6) is 5.75 Å². The van der Waals surface area contributed by atoms with Crippen molar-refractivity contribution in [3.63, 3.8) is 0 Å². The lowest BCUT2D eigenvalue weighted by Crippen LogP contribution is -2.09. The maximum atomic E-state index is 11.6. The van der Waals surface area contributed by atoms with E-state index in [-0.39, 0.29) is 11.3 Å². The maximum absolute atomic E-state index is 11.6. The zero-order chi connectivity index (χ0) is 10.4. The van der Waals surface area contributed by atoms with Crippen LogP contribution in [-0.2, 0) is 0 Å². The molecule has 2 heterocycles. The molecule has 0 atom stereocenters. The Morgan fingerprint density at radius 2 is 2.20 bits per heavy atom. The minimum Gasteiger partial charge on any atom is -0.508 e. The number of aromatic hydroxyl groups is 1. The number of benzene rings is 1. The molecule has 5 nitrogen and oxygen atoms in total. The van der Waals surface area contributed by atoms with Crippen LogP contribution >= 0.6 is 0 Å². The van der Waals surface area contributed by atoms with Gasteiger partial charge in [-0.25, -0.2) is 4.98 Å². The van der Waals surface area contributed by atoms with Crippen LogP contribution in [0.2, 0.25) is 0 Å². The quantitative estimate of drug-likeness (QED) is 0.567. The van der Waals surface area contributed by atoms with Crippen molar-refractivity contribution in [3.05, 3.63) is 41.1 Å². The number of fused-ring (bicyclic) bond motifs is 3. The Morgan fingerprint density at radius 3 is 3.07 bits per heavy atom. The SMILES string of the molecule is O=c1[nH]c2ccc(O)cc2n2cncc12. The number of hydrogen-bond donors (Lipinski definition) is 2. The zero-order valence-corrected chi connectivity index (χ0v) is 7.64. The standard InChI is InChI=1S/C10H7N3O2/c14-6-1-2-7-8(3-6)13-5-11-4-9(13)10(15)12-7/h1-5,14H,(H,12,15). The fourth-order valence-corrected chi connectivity index (χ4v) is 1.67. The highest BCUT2D eigenvalue weighted by atomic mass is 16.3. The van der Waals surface area contributed by atoms with Crippen LogP contribution in [0, 0.1) is 0 Å². The molecule has 0 saturated carbocycles. The van der Waals surface area contributed by atoms with Gasteiger partial charge in [0.1, 0.15) is 11.3 Å². The van der Waals surface area contributed by atoms with Gasteiger partial charge in [-0.05, 0) is 12.1 Å². The third-order valence-corrected chi connectivity index (χ3v) is 2.36. The summed E-state index contributed by atoms with van der Waals surface area (Å²) >= 11 is 0. The van der Waals surface area contributed by atoms with E-state index in [1.54, 1.807) is 22.9 Å². The van der Waals surface area contributed by atoms with Crippen LogP contribution in [0.25, 0.3) is 16.6 Å². The second-order valence-corrected chi connectivity index (χ2v) is 3.30. The van der Waals surface area contributed by atoms with Gasteiger partial charge in [0.15, 0.2) is 0 Å². The summed E-state index contributed by atoms with van der Waals surface area (Å²) < 4.78 is 1.65. The number of H-pyrrole nitrogens is 1. The first-order valence-corrected chi connectivity index (χ1v) is 4.43. The van der Waals surface area contributed by atoms with E-state index in [1.807, 2.05) is 0 Å². The van der Waals surface area contributed by atoms with Crippen LogP contribution < -0.4 is 5.56 Å². The average molecular weight is 201 g/mol. The van der Waals surface area contributed by atoms with Crippen molar-refractivity contribution in [3.8, 4) is 5.75 Å². The van der Waals surface area contributed by atoms with Gasteiger partial charge in [0.25, 0.3) is 5.56 Å². The fraction of sp³-hybridized carbons (Fsp3) is 0. The molecule has 2 aromatic heterocycles. The molecule has 0 saturated heterocycles. The number of nitrogens with one attached hydrogen (secondary N) is 1. The van der Waals surface area contributed by atoms with Gasteiger partial charge in [0.05, 0.1) is 23.6 Å². The molecule has 15 heavy (non-hydrogen) atoms. The molecule has 1 aromatic carbocycles. The van der Waals surface area contributed by atoms with Crippen molar-refractivity contribution in [1.29, 1.82) is 0 Å². The Bertz CT molecular complexity index is 711. The summed E-state index contributed by atoms with van der Waals surface area (Å²) in [6.07, 6.45) is 3.04. The van der Waals surface area contributed by atoms with E-state index in [1.165, 1.54) is 12.3 Å². The van der Waals surface area contributed by atoms with Crippen molar-refractivity contribution in [1.82, 2.24) is 14.4 Å². The second kappa shape index (κ2) is 2.60. The fourth-order valence-electron chi connectivity index (χ4n) is 1.67. The highest BCUT2D eigenvalue weighted by molar-refractivity contribution is 5.79. The highest BCUT2D eigenvalue weighted by Crippen LogP contribution is 2.17. The monoisotopic (exact) mass is 201 g/mol. The summed E-state index contributed by atoms with van der Waals surface area (Å²) in [6, 6.07) is 4.77. The molecule has 3 rings (SSSR count). The van der Waals surface area contributed by atoms with E-state index in [0.717, 1.165) is 5.52 Å². The summed E-state index contributed by atoms with van der Waals surface area (Å²) in [5, 5.41) is 9.37. The average Bonchev–Trinajstić information content (AvgIpc) is 2.69. The number of hydrogen-bond acceptors (Lipinski definition) is 3. The van der Waals surface area contributed by atoms with Gasteiger partial charge in [0.2, 0.25) is 0 Å². The second-order valence-electron chi connectivity index (χ2n) is 3.30. The Balaban J connectivity index is 2.67. The van der Waals surface area contributed by atoms with E-state index in [2.05, 4.69) is 9.97 Å². The summed E-state index contributed by atoms with van der Waals surface area (Å²) in [5.41, 5.74) is 1.67. The summed E-state index contributed by atoms with van der Waals surface area (Å²) in [5.74, 6) is 0.157. The van der Waals surface area contributed by atoms with Crippen LogP contribution in [0.15, 0.2) is 35.5 Å². The van der Waals surface area contributed by atoms with Gasteiger partial charge < -0.3 is 10.1 Å². The molecular formula is C10H7N3O2. The number of nitrogens with zero attached hydrogens (tertiary/aromatic N) is 2. The third-order valence-electron chi connectivity index (χ3n) is 2.36. The molecule has 0 aliphatic rings. The number of phenols is 1. The van der Waals surface area contributed by atoms with Crippen LogP contribution in [0.1, 0.15) is 0 Å². The molecule has 0 fully saturated rings. The Labute approximate surface area is 83.6 Å². The summed E-state index contributed by atoms with van der Waals surface area (Å²) in [7, 11) is 0. The molecule has 2 N–H and O–H groups in total. The van der Waals surface area contributed by atoms with Crippen molar-refractivity contribution in [2.45, 2.75) is 0 Å². The Hall–Kier alpha value is -2.30. The van der Waals surface area contributed by atoms with Crippen LogP contribution in [-0.4, -0.2) is 19.5 Å². The van der Waals surface area contributed by atoms with Crippen LogP contribution in [0.4, 0.5) is 0 Å². The normalized spacial score (nSPS) is 11.2. The minimum absolute atomic E-state index is 0.157. The molecule has 0 aliphatic carbocycles. The van der Waals surface area contributed by atoms with E-state index in [0.29, 0.717) is 11.0 Å². The highest BCUT2D eigenvalue weighted by Gasteiger charge is 2.04. The van der Waals surface area contributed by atoms with Gasteiger partial charge in [-0.15, -0.1) is 0 Å². The van der Waals surface area contributed by atoms with Gasteiger partial charge in [-0.3, -0.25) is 9.20 Å². The molecule has 0 spiro atoms. The first-order chi connectivity index (χ1) is 7.25. The third kappa shape index (κ3) is 1.03. The lowest BCUT2D eigenvalue weighted by atomic mass is 10.3. The Kier molecular flexibility index (Phi) is 1.39. The lowest BCUT2D eigenvalue weighted by Gasteiger charge is -2.01. The van der Waals surface area contributed by atoms with Crippen molar-refractivity contribution < 1.29 is 5.11 Å². The van der Waals surface area contributed by atoms with Crippen molar-refractivity contribution in [2.24, 2.45) is 0 Å². The number of imidazole rings is 1. The first kappa shape index (κ1) is 8.05. The molecular weight excluding hydrogens is 194 g/mol. The van der Waals surface area contributed by atoms with Gasteiger partial charge in [-0.1, -0.05) is 0 Å². The predicted molar refractivity (Wildman–Crippen MR) is 55.0 cm³/mol. The lowest BCUT2D eigenvalue weighted by molar-refractivity contribution is 0.476. The van der Waals surface area contributed by atoms with Gasteiger partial charge in [-0.2, -0.15) is 0 Å². The van der Waals surface area contributed by atoms with Crippen molar-refractivity contribution in [2.75, 3.05) is 0 Å². The topological polar surface area (TPSA) is 70.4 Å². The molecule has 3 aromatic rings. The van der Waals surface area contributed by atoms with Crippen LogP contribution in [0.3, 0.4) is 0 Å². The molecule has 5 heteroatoms. The van der Waals surface area contributed by atoms with E-state index in [4.69, 9.17) is 0 Å². The maximum Gasteiger partial charge on any atom is 0.274 e. The number of aromatic amines is 1. The predicted octanol–water partition coefficient (Wildman–Crippen LogP) is 0.881. The minimum atomic E-state index is -0.189. The van der Waals surface area contributed by atoms with E-state index >= 15 is 0 Å². The zero-order valence-electron chi connectivity index (χ0n) is 7.64. The van der Waals surface area contributed by atoms with Gasteiger partial charge in [0, 0.05) is 6.07 Å². The van der Waals surface area contributed by atoms with Gasteiger partial charge >= 0.3 is 0 Å². The number of aromatic nitrogens is 3. The molecule has 0 radical (unpaired) electrons. The number of rotatable bonds is 0. The summed E-state index contributed by atoms with van der Waals surface area (Å²) in [6.45, 7) is 0. The summed E-state index contributed by atoms with van der Waals surface area (Å²) in [4.78, 5) is 18.2. The molecule has 74 valence electrons. The number of phenolic OH excluding ortho intramolecular Hbond substituents is 1. The molecule has 0 bridgehead atoms.